The van der Waals surface area contributed by atoms with Crippen molar-refractivity contribution < 1.29 is 24.6 Å². The SMILES string of the molecule is C.CC(CCCC(=O)CCCC(C)(C(=O)O)c1ccccc1)(C(=O)O)c1ccccc1. The molecule has 0 aliphatic carbocycles. The van der Waals surface area contributed by atoms with Crippen LogP contribution in [0.4, 0.5) is 0 Å². The van der Waals surface area contributed by atoms with E-state index in [2.05, 4.69) is 0 Å². The Labute approximate surface area is 185 Å². The maximum Gasteiger partial charge on any atom is 0.313 e. The van der Waals surface area contributed by atoms with Gasteiger partial charge in [-0.1, -0.05) is 68.1 Å². The van der Waals surface area contributed by atoms with Gasteiger partial charge < -0.3 is 10.2 Å². The molecule has 2 rings (SSSR count). The summed E-state index contributed by atoms with van der Waals surface area (Å²) in [5.41, 5.74) is -0.608. The summed E-state index contributed by atoms with van der Waals surface area (Å²) in [6, 6.07) is 18.1. The minimum atomic E-state index is -1.03. The lowest BCUT2D eigenvalue weighted by molar-refractivity contribution is -0.144. The average molecular weight is 427 g/mol. The van der Waals surface area contributed by atoms with Crippen LogP contribution in [0.15, 0.2) is 60.7 Å². The van der Waals surface area contributed by atoms with Crippen LogP contribution in [0.25, 0.3) is 0 Å². The van der Waals surface area contributed by atoms with Crippen molar-refractivity contribution in [3.05, 3.63) is 71.8 Å². The fourth-order valence-corrected chi connectivity index (χ4v) is 3.76. The fraction of sp³-hybridized carbons (Fsp3) is 0.423. The molecule has 5 heteroatoms. The van der Waals surface area contributed by atoms with E-state index < -0.39 is 22.8 Å². The molecule has 0 fully saturated rings. The number of Topliss-reactive ketones (excluding diaryl/α,β-unsaturated/α-hetero) is 1. The summed E-state index contributed by atoms with van der Waals surface area (Å²) in [6.07, 6.45) is 2.29. The lowest BCUT2D eigenvalue weighted by Gasteiger charge is -2.26. The van der Waals surface area contributed by atoms with Gasteiger partial charge in [-0.15, -0.1) is 0 Å². The van der Waals surface area contributed by atoms with Crippen molar-refractivity contribution in [2.45, 2.75) is 70.6 Å². The van der Waals surface area contributed by atoms with Crippen LogP contribution in [0.5, 0.6) is 0 Å². The van der Waals surface area contributed by atoms with E-state index in [1.165, 1.54) is 0 Å². The Hall–Kier alpha value is -2.95. The van der Waals surface area contributed by atoms with Gasteiger partial charge >= 0.3 is 11.9 Å². The Morgan fingerprint density at radius 1 is 0.677 bits per heavy atom. The molecule has 0 radical (unpaired) electrons. The molecule has 2 unspecified atom stereocenters. The van der Waals surface area contributed by atoms with Crippen molar-refractivity contribution in [1.29, 1.82) is 0 Å². The Balaban J connectivity index is 0.00000480. The van der Waals surface area contributed by atoms with Gasteiger partial charge in [-0.2, -0.15) is 0 Å². The Morgan fingerprint density at radius 2 is 1.00 bits per heavy atom. The molecule has 5 nitrogen and oxygen atoms in total. The molecule has 0 amide bonds. The van der Waals surface area contributed by atoms with E-state index in [9.17, 15) is 24.6 Å². The summed E-state index contributed by atoms with van der Waals surface area (Å²) in [7, 11) is 0. The number of carbonyl (C=O) groups is 3. The van der Waals surface area contributed by atoms with Gasteiger partial charge in [0.25, 0.3) is 0 Å². The maximum atomic E-state index is 12.3. The van der Waals surface area contributed by atoms with Gasteiger partial charge in [0.1, 0.15) is 5.78 Å². The van der Waals surface area contributed by atoms with E-state index >= 15 is 0 Å². The van der Waals surface area contributed by atoms with E-state index in [1.807, 2.05) is 36.4 Å². The van der Waals surface area contributed by atoms with Crippen molar-refractivity contribution in [3.63, 3.8) is 0 Å². The molecule has 0 aromatic heterocycles. The van der Waals surface area contributed by atoms with E-state index in [0.29, 0.717) is 38.5 Å². The second-order valence-electron chi connectivity index (χ2n) is 8.25. The Bertz CT molecular complexity index is 790. The molecule has 0 aliphatic rings. The van der Waals surface area contributed by atoms with Gasteiger partial charge in [-0.05, 0) is 50.7 Å². The first kappa shape index (κ1) is 26.1. The van der Waals surface area contributed by atoms with Crippen LogP contribution in [0.3, 0.4) is 0 Å². The highest BCUT2D eigenvalue weighted by molar-refractivity contribution is 5.82. The van der Waals surface area contributed by atoms with Crippen LogP contribution in [0, 0.1) is 0 Å². The van der Waals surface area contributed by atoms with Crippen molar-refractivity contribution in [2.75, 3.05) is 0 Å². The number of carboxylic acid groups (broad SMARTS) is 2. The minimum absolute atomic E-state index is 0. The number of ketones is 1. The average Bonchev–Trinajstić information content (AvgIpc) is 2.74. The predicted octanol–water partition coefficient (Wildman–Crippen LogP) is 5.62. The van der Waals surface area contributed by atoms with Crippen molar-refractivity contribution in [3.8, 4) is 0 Å². The predicted molar refractivity (Wildman–Crippen MR) is 122 cm³/mol. The number of hydrogen-bond acceptors (Lipinski definition) is 3. The number of rotatable bonds is 12. The number of aliphatic carboxylic acids is 2. The zero-order valence-electron chi connectivity index (χ0n) is 17.6. The molecule has 2 N–H and O–H groups in total. The first-order chi connectivity index (χ1) is 14.2. The zero-order valence-corrected chi connectivity index (χ0v) is 17.6. The lowest BCUT2D eigenvalue weighted by Crippen LogP contribution is -2.32. The standard InChI is InChI=1S/C25H30O5.CH4/c1-24(22(27)28,19-11-5-3-6-12-19)17-9-15-21(26)16-10-18-25(2,23(29)30)20-13-7-4-8-14-20;/h3-8,11-14H,9-10,15-18H2,1-2H3,(H,27,28)(H,29,30);1H4. The van der Waals surface area contributed by atoms with Crippen molar-refractivity contribution >= 4 is 17.7 Å². The van der Waals surface area contributed by atoms with Gasteiger partial charge in [0, 0.05) is 12.8 Å². The molecule has 0 spiro atoms. The Kier molecular flexibility index (Phi) is 9.63. The summed E-state index contributed by atoms with van der Waals surface area (Å²) in [5, 5.41) is 19.4. The first-order valence-electron chi connectivity index (χ1n) is 10.3. The normalized spacial score (nSPS) is 14.5. The highest BCUT2D eigenvalue weighted by Crippen LogP contribution is 2.32. The van der Waals surface area contributed by atoms with Crippen LogP contribution >= 0.6 is 0 Å². The molecule has 0 saturated carbocycles. The maximum absolute atomic E-state index is 12.3. The fourth-order valence-electron chi connectivity index (χ4n) is 3.76. The molecular formula is C26H34O5. The largest absolute Gasteiger partial charge is 0.481 e. The van der Waals surface area contributed by atoms with E-state index in [1.54, 1.807) is 38.1 Å². The van der Waals surface area contributed by atoms with Gasteiger partial charge in [0.15, 0.2) is 0 Å². The molecule has 31 heavy (non-hydrogen) atoms. The minimum Gasteiger partial charge on any atom is -0.481 e. The molecule has 2 aromatic carbocycles. The molecule has 0 heterocycles. The molecule has 2 aromatic rings. The summed E-state index contributed by atoms with van der Waals surface area (Å²) in [6.45, 7) is 3.38. The summed E-state index contributed by atoms with van der Waals surface area (Å²) >= 11 is 0. The second kappa shape index (κ2) is 11.4. The third kappa shape index (κ3) is 6.51. The number of carboxylic acids is 2. The van der Waals surface area contributed by atoms with E-state index in [0.717, 1.165) is 11.1 Å². The van der Waals surface area contributed by atoms with Crippen LogP contribution in [-0.4, -0.2) is 27.9 Å². The molecule has 168 valence electrons. The van der Waals surface area contributed by atoms with Crippen molar-refractivity contribution in [1.82, 2.24) is 0 Å². The topological polar surface area (TPSA) is 91.7 Å². The quantitative estimate of drug-likeness (QED) is 0.460. The summed E-state index contributed by atoms with van der Waals surface area (Å²) in [5.74, 6) is -1.76. The van der Waals surface area contributed by atoms with Crippen LogP contribution in [-0.2, 0) is 25.2 Å². The van der Waals surface area contributed by atoms with Crippen LogP contribution in [0.2, 0.25) is 0 Å². The van der Waals surface area contributed by atoms with Gasteiger partial charge in [0.2, 0.25) is 0 Å². The smallest absolute Gasteiger partial charge is 0.313 e. The third-order valence-corrected chi connectivity index (χ3v) is 6.03. The third-order valence-electron chi connectivity index (χ3n) is 6.03. The second-order valence-corrected chi connectivity index (χ2v) is 8.25. The summed E-state index contributed by atoms with van der Waals surface area (Å²) in [4.78, 5) is 36.0. The van der Waals surface area contributed by atoms with Crippen molar-refractivity contribution in [2.24, 2.45) is 0 Å². The van der Waals surface area contributed by atoms with E-state index in [4.69, 9.17) is 0 Å². The van der Waals surface area contributed by atoms with Gasteiger partial charge in [-0.25, -0.2) is 0 Å². The van der Waals surface area contributed by atoms with Gasteiger partial charge in [0.05, 0.1) is 10.8 Å². The molecule has 0 aliphatic heterocycles. The Morgan fingerprint density at radius 3 is 1.29 bits per heavy atom. The van der Waals surface area contributed by atoms with Crippen LogP contribution < -0.4 is 0 Å². The number of hydrogen-bond donors (Lipinski definition) is 2. The number of carbonyl (C=O) groups excluding carboxylic acids is 1. The summed E-state index contributed by atoms with van der Waals surface area (Å²) < 4.78 is 0. The van der Waals surface area contributed by atoms with Gasteiger partial charge in [-0.3, -0.25) is 14.4 Å². The molecule has 0 saturated heterocycles. The molecule has 0 bridgehead atoms. The number of benzene rings is 2. The highest BCUT2D eigenvalue weighted by Gasteiger charge is 2.35. The van der Waals surface area contributed by atoms with Crippen LogP contribution in [0.1, 0.15) is 70.9 Å². The lowest BCUT2D eigenvalue weighted by atomic mass is 9.77. The van der Waals surface area contributed by atoms with E-state index in [-0.39, 0.29) is 13.2 Å². The highest BCUT2D eigenvalue weighted by atomic mass is 16.4. The first-order valence-corrected chi connectivity index (χ1v) is 10.3. The monoisotopic (exact) mass is 426 g/mol. The molecular weight excluding hydrogens is 392 g/mol. The molecule has 2 atom stereocenters. The zero-order chi connectivity index (χ0) is 22.2.